The molecule has 0 unspecified atom stereocenters. The van der Waals surface area contributed by atoms with Crippen LogP contribution in [-0.4, -0.2) is 115 Å². The molecule has 1 N–H and O–H groups in total. The van der Waals surface area contributed by atoms with Crippen molar-refractivity contribution in [1.29, 1.82) is 5.26 Å². The number of anilines is 1. The molecule has 2 atom stereocenters. The van der Waals surface area contributed by atoms with Crippen LogP contribution in [0.25, 0.3) is 0 Å². The van der Waals surface area contributed by atoms with E-state index in [0.29, 0.717) is 64.5 Å². The van der Waals surface area contributed by atoms with E-state index in [1.165, 1.54) is 6.42 Å². The molecule has 1 aromatic heterocycles. The molecule has 37 heavy (non-hydrogen) atoms. The number of rotatable bonds is 8. The van der Waals surface area contributed by atoms with Crippen molar-refractivity contribution in [2.75, 3.05) is 70.9 Å². The smallest absolute Gasteiger partial charge is 0.318 e. The molecule has 0 aliphatic carbocycles. The molecule has 3 fully saturated rings. The molecule has 4 aliphatic heterocycles. The Morgan fingerprint density at radius 3 is 2.86 bits per heavy atom. The summed E-state index contributed by atoms with van der Waals surface area (Å²) in [4.78, 5) is 30.8. The van der Waals surface area contributed by atoms with Crippen LogP contribution in [0.5, 0.6) is 6.01 Å². The van der Waals surface area contributed by atoms with Crippen LogP contribution in [0.3, 0.4) is 0 Å². The molecule has 3 saturated heterocycles. The molecule has 0 radical (unpaired) electrons. The van der Waals surface area contributed by atoms with E-state index in [1.54, 1.807) is 17.1 Å². The first-order chi connectivity index (χ1) is 18.0. The summed E-state index contributed by atoms with van der Waals surface area (Å²) in [6.07, 6.45) is 5.98. The van der Waals surface area contributed by atoms with Crippen molar-refractivity contribution in [3.05, 3.63) is 23.4 Å². The predicted molar refractivity (Wildman–Crippen MR) is 137 cm³/mol. The molecule has 4 aliphatic rings. The Bertz CT molecular complexity index is 1040. The van der Waals surface area contributed by atoms with Gasteiger partial charge in [0, 0.05) is 63.5 Å². The number of hydrogen-bond acceptors (Lipinski definition) is 9. The van der Waals surface area contributed by atoms with E-state index in [-0.39, 0.29) is 18.4 Å². The Hall–Kier alpha value is -2.81. The highest BCUT2D eigenvalue weighted by molar-refractivity contribution is 5.88. The van der Waals surface area contributed by atoms with E-state index >= 15 is 0 Å². The lowest BCUT2D eigenvalue weighted by Crippen LogP contribution is -2.55. The molecular formula is C26H37FN8O2. The van der Waals surface area contributed by atoms with Crippen LogP contribution < -0.4 is 15.0 Å². The zero-order valence-electron chi connectivity index (χ0n) is 21.6. The van der Waals surface area contributed by atoms with Gasteiger partial charge in [-0.1, -0.05) is 6.08 Å². The Balaban J connectivity index is 1.28. The zero-order valence-corrected chi connectivity index (χ0v) is 21.6. The summed E-state index contributed by atoms with van der Waals surface area (Å²) in [5.74, 6) is 0.765. The van der Waals surface area contributed by atoms with Crippen LogP contribution in [0.2, 0.25) is 0 Å². The normalized spacial score (nSPS) is 25.2. The third-order valence-electron chi connectivity index (χ3n) is 7.90. The average molecular weight is 513 g/mol. The summed E-state index contributed by atoms with van der Waals surface area (Å²) in [6, 6.07) is 2.80. The Morgan fingerprint density at radius 2 is 2.11 bits per heavy atom. The SMILES string of the molecule is CN1CCC[C@H]1COc1nc2c(c(N3CCN(C(=O)/C=C/CN4CC(F)C4)[C@@H](CC#N)C3)n1)CCNC2. The fourth-order valence-electron chi connectivity index (χ4n) is 5.68. The minimum atomic E-state index is -0.754. The van der Waals surface area contributed by atoms with Gasteiger partial charge < -0.3 is 24.8 Å². The Kier molecular flexibility index (Phi) is 8.17. The topological polar surface area (TPSA) is 101 Å². The van der Waals surface area contributed by atoms with Crippen LogP contribution in [-0.2, 0) is 17.8 Å². The minimum Gasteiger partial charge on any atom is -0.462 e. The number of likely N-dealkylation sites (N-methyl/N-ethyl adjacent to an activating group) is 1. The lowest BCUT2D eigenvalue weighted by Gasteiger charge is -2.41. The van der Waals surface area contributed by atoms with Gasteiger partial charge in [0.15, 0.2) is 0 Å². The molecule has 0 bridgehead atoms. The van der Waals surface area contributed by atoms with Crippen LogP contribution in [0, 0.1) is 11.3 Å². The number of nitrogens with one attached hydrogen (secondary N) is 1. The highest BCUT2D eigenvalue weighted by Crippen LogP contribution is 2.29. The quantitative estimate of drug-likeness (QED) is 0.506. The molecule has 0 saturated carbocycles. The maximum absolute atomic E-state index is 13.0. The number of nitriles is 1. The number of nitrogens with zero attached hydrogens (tertiary/aromatic N) is 7. The van der Waals surface area contributed by atoms with Gasteiger partial charge in [-0.05, 0) is 39.4 Å². The van der Waals surface area contributed by atoms with Crippen molar-refractivity contribution in [2.45, 2.75) is 50.5 Å². The highest BCUT2D eigenvalue weighted by Gasteiger charge is 2.33. The minimum absolute atomic E-state index is 0.101. The second kappa shape index (κ2) is 11.7. The van der Waals surface area contributed by atoms with Gasteiger partial charge in [-0.25, -0.2) is 4.39 Å². The standard InChI is InChI=1S/C26H37FN8O2/c1-32-10-2-4-21(32)18-37-26-30-23-14-29-9-7-22(23)25(31-26)34-12-13-35(20(17-34)6-8-28)24(36)5-3-11-33-15-19(27)16-33/h3,5,19-21,29H,2,4,6-7,9-18H2,1H3/b5-3+/t20-,21-/m0/s1. The molecule has 5 rings (SSSR count). The summed E-state index contributed by atoms with van der Waals surface area (Å²) in [5, 5.41) is 12.9. The van der Waals surface area contributed by atoms with Gasteiger partial charge in [-0.3, -0.25) is 9.69 Å². The number of ether oxygens (including phenoxy) is 1. The summed E-state index contributed by atoms with van der Waals surface area (Å²) < 4.78 is 19.1. The highest BCUT2D eigenvalue weighted by atomic mass is 19.1. The third kappa shape index (κ3) is 6.03. The number of carbonyl (C=O) groups excluding carboxylic acids is 1. The average Bonchev–Trinajstić information content (AvgIpc) is 3.30. The molecule has 0 aromatic carbocycles. The van der Waals surface area contributed by atoms with E-state index in [0.717, 1.165) is 43.0 Å². The van der Waals surface area contributed by atoms with Crippen LogP contribution in [0.1, 0.15) is 30.5 Å². The lowest BCUT2D eigenvalue weighted by atomic mass is 10.0. The van der Waals surface area contributed by atoms with Crippen molar-refractivity contribution in [3.63, 3.8) is 0 Å². The number of fused-ring (bicyclic) bond motifs is 1. The molecule has 11 heteroatoms. The van der Waals surface area contributed by atoms with Gasteiger partial charge in [0.05, 0.1) is 24.2 Å². The van der Waals surface area contributed by atoms with Crippen molar-refractivity contribution >= 4 is 11.7 Å². The van der Waals surface area contributed by atoms with Gasteiger partial charge in [0.25, 0.3) is 0 Å². The van der Waals surface area contributed by atoms with E-state index in [1.807, 2.05) is 4.90 Å². The number of alkyl halides is 1. The third-order valence-corrected chi connectivity index (χ3v) is 7.90. The Labute approximate surface area is 218 Å². The maximum Gasteiger partial charge on any atom is 0.318 e. The summed E-state index contributed by atoms with van der Waals surface area (Å²) in [7, 11) is 2.12. The van der Waals surface area contributed by atoms with Crippen LogP contribution in [0.15, 0.2) is 12.2 Å². The number of amides is 1. The molecule has 1 aromatic rings. The van der Waals surface area contributed by atoms with E-state index in [2.05, 4.69) is 28.2 Å². The molecular weight excluding hydrogens is 475 g/mol. The monoisotopic (exact) mass is 512 g/mol. The molecule has 0 spiro atoms. The number of piperazine rings is 1. The van der Waals surface area contributed by atoms with Crippen molar-refractivity contribution in [2.24, 2.45) is 0 Å². The van der Waals surface area contributed by atoms with Crippen molar-refractivity contribution < 1.29 is 13.9 Å². The van der Waals surface area contributed by atoms with Crippen molar-refractivity contribution in [1.82, 2.24) is 30.0 Å². The largest absolute Gasteiger partial charge is 0.462 e. The van der Waals surface area contributed by atoms with Gasteiger partial charge >= 0.3 is 6.01 Å². The van der Waals surface area contributed by atoms with E-state index in [9.17, 15) is 14.4 Å². The van der Waals surface area contributed by atoms with E-state index in [4.69, 9.17) is 14.7 Å². The fourth-order valence-corrected chi connectivity index (χ4v) is 5.68. The second-order valence-corrected chi connectivity index (χ2v) is 10.5. The molecule has 200 valence electrons. The van der Waals surface area contributed by atoms with Gasteiger partial charge in [-0.2, -0.15) is 15.2 Å². The number of hydrogen-bond donors (Lipinski definition) is 1. The summed E-state index contributed by atoms with van der Waals surface area (Å²) in [5.41, 5.74) is 2.09. The number of carbonyl (C=O) groups is 1. The number of aromatic nitrogens is 2. The van der Waals surface area contributed by atoms with Gasteiger partial charge in [-0.15, -0.1) is 0 Å². The van der Waals surface area contributed by atoms with Crippen molar-refractivity contribution in [3.8, 4) is 12.1 Å². The Morgan fingerprint density at radius 1 is 1.24 bits per heavy atom. The van der Waals surface area contributed by atoms with E-state index < -0.39 is 6.17 Å². The first-order valence-corrected chi connectivity index (χ1v) is 13.4. The molecule has 1 amide bonds. The summed E-state index contributed by atoms with van der Waals surface area (Å²) >= 11 is 0. The maximum atomic E-state index is 13.0. The van der Waals surface area contributed by atoms with Gasteiger partial charge in [0.2, 0.25) is 5.91 Å². The lowest BCUT2D eigenvalue weighted by molar-refractivity contribution is -0.128. The summed E-state index contributed by atoms with van der Waals surface area (Å²) in [6.45, 7) is 6.27. The van der Waals surface area contributed by atoms with Crippen LogP contribution >= 0.6 is 0 Å². The predicted octanol–water partition coefficient (Wildman–Crippen LogP) is 0.736. The second-order valence-electron chi connectivity index (χ2n) is 10.5. The first kappa shape index (κ1) is 25.8. The fraction of sp³-hybridized carbons (Fsp3) is 0.692. The molecule has 10 nitrogen and oxygen atoms in total. The zero-order chi connectivity index (χ0) is 25.8. The number of halogens is 1. The van der Waals surface area contributed by atoms with Crippen LogP contribution in [0.4, 0.5) is 10.2 Å². The van der Waals surface area contributed by atoms with Gasteiger partial charge in [0.1, 0.15) is 18.6 Å². The number of likely N-dealkylation sites (tertiary alicyclic amines) is 2. The molecule has 5 heterocycles. The first-order valence-electron chi connectivity index (χ1n) is 13.4.